The first-order valence-electron chi connectivity index (χ1n) is 9.70. The van der Waals surface area contributed by atoms with E-state index in [-0.39, 0.29) is 18.0 Å². The normalized spacial score (nSPS) is 13.2. The number of nitrogens with two attached hydrogens (primary N) is 1. The number of carbonyl (C=O) groups is 2. The zero-order valence-electron chi connectivity index (χ0n) is 16.5. The van der Waals surface area contributed by atoms with Gasteiger partial charge >= 0.3 is 0 Å². The highest BCUT2D eigenvalue weighted by Gasteiger charge is 2.29. The fourth-order valence-corrected chi connectivity index (χ4v) is 4.14. The first kappa shape index (κ1) is 18.1. The maximum atomic E-state index is 12.8. The number of benzene rings is 3. The van der Waals surface area contributed by atoms with Crippen molar-refractivity contribution in [1.82, 2.24) is 15.1 Å². The molecule has 1 aliphatic heterocycles. The van der Waals surface area contributed by atoms with E-state index in [0.717, 1.165) is 44.1 Å². The van der Waals surface area contributed by atoms with Gasteiger partial charge in [-0.1, -0.05) is 36.9 Å². The molecular formula is C24H20N4O2. The standard InChI is InChI=1S/C24H20N4O2/c1-13(23(25)29)11-28-12-21-19(24(28)30)8-5-15-3-4-16(9-20(15)21)17-6-7-18-14(2)26-27-22(18)10-17/h3-10H,1,11-12H2,2H3,(H2,25,29)(H,26,27). The predicted octanol–water partition coefficient (Wildman–Crippen LogP) is 3.69. The predicted molar refractivity (Wildman–Crippen MR) is 117 cm³/mol. The fraction of sp³-hybridized carbons (Fsp3) is 0.125. The third-order valence-electron chi connectivity index (χ3n) is 5.82. The Labute approximate surface area is 173 Å². The Hall–Kier alpha value is -3.93. The minimum absolute atomic E-state index is 0.103. The lowest BCUT2D eigenvalue weighted by molar-refractivity contribution is -0.114. The van der Waals surface area contributed by atoms with E-state index < -0.39 is 5.91 Å². The topological polar surface area (TPSA) is 92.1 Å². The van der Waals surface area contributed by atoms with Crippen LogP contribution in [-0.2, 0) is 11.3 Å². The molecule has 0 bridgehead atoms. The third-order valence-corrected chi connectivity index (χ3v) is 5.82. The van der Waals surface area contributed by atoms with Gasteiger partial charge in [0.05, 0.1) is 17.8 Å². The number of rotatable bonds is 4. The second kappa shape index (κ2) is 6.56. The van der Waals surface area contributed by atoms with Crippen LogP contribution in [0.4, 0.5) is 0 Å². The molecule has 0 unspecified atom stereocenters. The number of hydrogen-bond donors (Lipinski definition) is 2. The highest BCUT2D eigenvalue weighted by Crippen LogP contribution is 2.34. The van der Waals surface area contributed by atoms with Gasteiger partial charge in [-0.05, 0) is 52.6 Å². The van der Waals surface area contributed by atoms with Crippen molar-refractivity contribution in [1.29, 1.82) is 0 Å². The molecule has 6 nitrogen and oxygen atoms in total. The zero-order chi connectivity index (χ0) is 21.0. The molecule has 0 saturated heterocycles. The Morgan fingerprint density at radius 1 is 1.13 bits per heavy atom. The SMILES string of the molecule is C=C(CN1Cc2c(ccc3ccc(-c4ccc5c(C)n[nH]c5c4)cc23)C1=O)C(N)=O. The Bertz CT molecular complexity index is 1380. The number of fused-ring (bicyclic) bond motifs is 4. The molecule has 3 N–H and O–H groups in total. The summed E-state index contributed by atoms with van der Waals surface area (Å²) in [6.45, 7) is 6.23. The molecule has 0 atom stereocenters. The number of carbonyl (C=O) groups excluding carboxylic acids is 2. The molecule has 3 aromatic carbocycles. The molecule has 0 fully saturated rings. The summed E-state index contributed by atoms with van der Waals surface area (Å²) in [5.41, 5.74) is 11.3. The van der Waals surface area contributed by atoms with Gasteiger partial charge in [0, 0.05) is 23.1 Å². The number of aromatic nitrogens is 2. The van der Waals surface area contributed by atoms with Crippen LogP contribution in [-0.4, -0.2) is 33.5 Å². The summed E-state index contributed by atoms with van der Waals surface area (Å²) in [5.74, 6) is -0.690. The quantitative estimate of drug-likeness (QED) is 0.515. The summed E-state index contributed by atoms with van der Waals surface area (Å²) in [6, 6.07) is 16.3. The van der Waals surface area contributed by atoms with Crippen LogP contribution in [0.5, 0.6) is 0 Å². The molecule has 6 heteroatoms. The molecule has 0 radical (unpaired) electrons. The molecule has 148 valence electrons. The molecule has 1 aromatic heterocycles. The summed E-state index contributed by atoms with van der Waals surface area (Å²) in [5, 5.41) is 10.6. The Morgan fingerprint density at radius 3 is 2.67 bits per heavy atom. The van der Waals surface area contributed by atoms with Crippen molar-refractivity contribution in [2.45, 2.75) is 13.5 Å². The summed E-state index contributed by atoms with van der Waals surface area (Å²) in [4.78, 5) is 25.8. The van der Waals surface area contributed by atoms with Crippen molar-refractivity contribution in [3.8, 4) is 11.1 Å². The molecular weight excluding hydrogens is 376 g/mol. The number of nitrogens with zero attached hydrogens (tertiary/aromatic N) is 2. The number of primary amides is 1. The average molecular weight is 396 g/mol. The van der Waals surface area contributed by atoms with Gasteiger partial charge < -0.3 is 10.6 Å². The number of H-pyrrole nitrogens is 1. The van der Waals surface area contributed by atoms with Crippen LogP contribution in [0.15, 0.2) is 60.7 Å². The van der Waals surface area contributed by atoms with Gasteiger partial charge in [0.2, 0.25) is 5.91 Å². The van der Waals surface area contributed by atoms with Crippen molar-refractivity contribution < 1.29 is 9.59 Å². The monoisotopic (exact) mass is 396 g/mol. The van der Waals surface area contributed by atoms with Crippen molar-refractivity contribution in [3.05, 3.63) is 77.5 Å². The maximum absolute atomic E-state index is 12.8. The van der Waals surface area contributed by atoms with E-state index in [0.29, 0.717) is 12.1 Å². The van der Waals surface area contributed by atoms with Crippen LogP contribution in [0.1, 0.15) is 21.6 Å². The zero-order valence-corrected chi connectivity index (χ0v) is 16.5. The summed E-state index contributed by atoms with van der Waals surface area (Å²) < 4.78 is 0. The Morgan fingerprint density at radius 2 is 1.87 bits per heavy atom. The molecule has 2 amide bonds. The molecule has 0 spiro atoms. The van der Waals surface area contributed by atoms with Gasteiger partial charge in [-0.25, -0.2) is 0 Å². The van der Waals surface area contributed by atoms with Gasteiger partial charge in [-0.2, -0.15) is 5.10 Å². The molecule has 30 heavy (non-hydrogen) atoms. The van der Waals surface area contributed by atoms with Gasteiger partial charge in [-0.15, -0.1) is 0 Å². The lowest BCUT2D eigenvalue weighted by Crippen LogP contribution is -2.30. The van der Waals surface area contributed by atoms with E-state index in [2.05, 4.69) is 53.2 Å². The number of nitrogens with one attached hydrogen (secondary N) is 1. The molecule has 0 aliphatic carbocycles. The largest absolute Gasteiger partial charge is 0.366 e. The van der Waals surface area contributed by atoms with Crippen LogP contribution in [0.2, 0.25) is 0 Å². The van der Waals surface area contributed by atoms with E-state index in [9.17, 15) is 9.59 Å². The lowest BCUT2D eigenvalue weighted by atomic mass is 9.96. The van der Waals surface area contributed by atoms with Crippen LogP contribution in [0.3, 0.4) is 0 Å². The fourth-order valence-electron chi connectivity index (χ4n) is 4.14. The first-order valence-corrected chi connectivity index (χ1v) is 9.70. The second-order valence-electron chi connectivity index (χ2n) is 7.73. The third kappa shape index (κ3) is 2.76. The van der Waals surface area contributed by atoms with Crippen LogP contribution in [0.25, 0.3) is 32.8 Å². The number of aryl methyl sites for hydroxylation is 1. The highest BCUT2D eigenvalue weighted by molar-refractivity contribution is 6.06. The summed E-state index contributed by atoms with van der Waals surface area (Å²) in [6.07, 6.45) is 0. The summed E-state index contributed by atoms with van der Waals surface area (Å²) >= 11 is 0. The van der Waals surface area contributed by atoms with Crippen molar-refractivity contribution >= 4 is 33.5 Å². The van der Waals surface area contributed by atoms with Crippen LogP contribution < -0.4 is 5.73 Å². The second-order valence-corrected chi connectivity index (χ2v) is 7.73. The molecule has 2 heterocycles. The number of aromatic amines is 1. The summed E-state index contributed by atoms with van der Waals surface area (Å²) in [7, 11) is 0. The van der Waals surface area contributed by atoms with Gasteiger partial charge in [0.1, 0.15) is 0 Å². The van der Waals surface area contributed by atoms with Gasteiger partial charge in [0.15, 0.2) is 0 Å². The average Bonchev–Trinajstić information content (AvgIpc) is 3.27. The molecule has 5 rings (SSSR count). The maximum Gasteiger partial charge on any atom is 0.254 e. The first-order chi connectivity index (χ1) is 14.4. The Balaban J connectivity index is 1.58. The van der Waals surface area contributed by atoms with E-state index in [4.69, 9.17) is 5.73 Å². The van der Waals surface area contributed by atoms with E-state index in [1.807, 2.05) is 19.1 Å². The lowest BCUT2D eigenvalue weighted by Gasteiger charge is -2.15. The van der Waals surface area contributed by atoms with Crippen LogP contribution >= 0.6 is 0 Å². The van der Waals surface area contributed by atoms with Crippen molar-refractivity contribution in [3.63, 3.8) is 0 Å². The van der Waals surface area contributed by atoms with E-state index in [1.54, 1.807) is 4.90 Å². The number of hydrogen-bond acceptors (Lipinski definition) is 3. The van der Waals surface area contributed by atoms with E-state index >= 15 is 0 Å². The molecule has 1 aliphatic rings. The van der Waals surface area contributed by atoms with E-state index in [1.165, 1.54) is 0 Å². The highest BCUT2D eigenvalue weighted by atomic mass is 16.2. The van der Waals surface area contributed by atoms with Crippen molar-refractivity contribution in [2.24, 2.45) is 5.73 Å². The Kier molecular flexibility index (Phi) is 3.96. The minimum atomic E-state index is -0.588. The van der Waals surface area contributed by atoms with Crippen LogP contribution in [0, 0.1) is 6.92 Å². The molecule has 0 saturated carbocycles. The number of amides is 2. The van der Waals surface area contributed by atoms with Crippen molar-refractivity contribution in [2.75, 3.05) is 6.54 Å². The van der Waals surface area contributed by atoms with Gasteiger partial charge in [0.25, 0.3) is 5.91 Å². The van der Waals surface area contributed by atoms with Gasteiger partial charge in [-0.3, -0.25) is 14.7 Å². The molecule has 4 aromatic rings. The minimum Gasteiger partial charge on any atom is -0.366 e. The smallest absolute Gasteiger partial charge is 0.254 e.